The molecule has 0 unspecified atom stereocenters. The van der Waals surface area contributed by atoms with E-state index in [9.17, 15) is 36.0 Å². The number of sulfonamides is 2. The summed E-state index contributed by atoms with van der Waals surface area (Å²) in [6, 6.07) is 32.3. The Labute approximate surface area is 433 Å². The molecule has 71 heavy (non-hydrogen) atoms. The number of methoxy groups -OCH3 is 2. The molecule has 0 atom stereocenters. The molecule has 3 N–H and O–H groups in total. The zero-order valence-electron chi connectivity index (χ0n) is 41.3. The van der Waals surface area contributed by atoms with Crippen LogP contribution in [-0.2, 0) is 30.9 Å². The van der Waals surface area contributed by atoms with Crippen molar-refractivity contribution in [1.29, 1.82) is 0 Å². The maximum atomic E-state index is 12.5. The summed E-state index contributed by atoms with van der Waals surface area (Å²) < 4.78 is 65.7. The second kappa shape index (κ2) is 20.6. The SMILES string of the molecule is COc1c(-c2ccc3cc(NS(C)(=O)=O)ccc3c2)cc(-n2ccc(=O)[n-]c2=O)cc1C(C)(C)C.COc1c(-c2ccc3cc(NS(C)(=O)=O)ccc3c2)cc(-n2ccc(=O)[nH]c2=O)cc1C(C)(C)C.[Na+]. The molecule has 2 heterocycles. The topological polar surface area (TPSA) is 219 Å². The minimum absolute atomic E-state index is 0. The van der Waals surface area contributed by atoms with Crippen LogP contribution >= 0.6 is 0 Å². The van der Waals surface area contributed by atoms with E-state index in [1.807, 2.05) is 72.8 Å². The van der Waals surface area contributed by atoms with Gasteiger partial charge in [0.1, 0.15) is 11.5 Å². The van der Waals surface area contributed by atoms with Crippen LogP contribution in [0.4, 0.5) is 11.4 Å². The van der Waals surface area contributed by atoms with E-state index in [0.29, 0.717) is 34.2 Å². The third-order valence-corrected chi connectivity index (χ3v) is 12.5. The first-order valence-corrected chi connectivity index (χ1v) is 25.6. The van der Waals surface area contributed by atoms with Gasteiger partial charge in [-0.05, 0) is 110 Å². The van der Waals surface area contributed by atoms with E-state index in [1.54, 1.807) is 38.5 Å². The second-order valence-electron chi connectivity index (χ2n) is 18.8. The molecule has 0 saturated heterocycles. The van der Waals surface area contributed by atoms with Crippen molar-refractivity contribution in [1.82, 2.24) is 19.1 Å². The summed E-state index contributed by atoms with van der Waals surface area (Å²) >= 11 is 0. The maximum Gasteiger partial charge on any atom is 1.00 e. The average molecular weight is 1010 g/mol. The van der Waals surface area contributed by atoms with E-state index >= 15 is 0 Å². The quantitative estimate of drug-likeness (QED) is 0.160. The standard InChI is InChI=1S/2C26H27N3O5S.Na/c2*1-26(2,3)22-15-20(29-11-10-23(30)27-25(29)31)14-21(24(22)34-4)18-7-6-17-13-19(28-35(5,32)33)9-8-16(17)12-18;/h2*6-15,28H,1-5H3,(H,27,30,31);/q;;+1/p-1. The summed E-state index contributed by atoms with van der Waals surface area (Å²) in [5, 5.41) is 3.54. The van der Waals surface area contributed by atoms with Crippen LogP contribution < -0.4 is 76.0 Å². The summed E-state index contributed by atoms with van der Waals surface area (Å²) in [7, 11) is -3.54. The van der Waals surface area contributed by atoms with Gasteiger partial charge in [-0.25, -0.2) is 21.6 Å². The van der Waals surface area contributed by atoms with Crippen molar-refractivity contribution in [3.8, 4) is 45.1 Å². The first-order valence-electron chi connectivity index (χ1n) is 21.8. The van der Waals surface area contributed by atoms with Crippen LogP contribution in [0, 0.1) is 0 Å². The van der Waals surface area contributed by atoms with Crippen molar-refractivity contribution in [2.45, 2.75) is 52.4 Å². The second-order valence-corrected chi connectivity index (χ2v) is 22.3. The smallest absolute Gasteiger partial charge is 0.496 e. The van der Waals surface area contributed by atoms with Gasteiger partial charge in [-0.1, -0.05) is 90.2 Å². The first-order chi connectivity index (χ1) is 32.7. The summed E-state index contributed by atoms with van der Waals surface area (Å²) in [5.41, 5.74) is 4.35. The van der Waals surface area contributed by atoms with E-state index in [1.165, 1.54) is 33.7 Å². The number of ether oxygens (including phenoxy) is 2. The monoisotopic (exact) mass is 1010 g/mol. The molecular weight excluding hydrogens is 956 g/mol. The van der Waals surface area contributed by atoms with Crippen LogP contribution in [0.5, 0.6) is 11.5 Å². The number of benzene rings is 6. The number of fused-ring (bicyclic) bond motifs is 2. The van der Waals surface area contributed by atoms with Crippen LogP contribution in [0.15, 0.2) is 141 Å². The van der Waals surface area contributed by atoms with E-state index < -0.39 is 42.5 Å². The van der Waals surface area contributed by atoms with E-state index in [2.05, 4.69) is 61.0 Å². The van der Waals surface area contributed by atoms with Crippen molar-refractivity contribution < 1.29 is 55.9 Å². The van der Waals surface area contributed by atoms with Gasteiger partial charge in [0.25, 0.3) is 5.56 Å². The third-order valence-electron chi connectivity index (χ3n) is 11.2. The fourth-order valence-electron chi connectivity index (χ4n) is 8.07. The molecule has 0 aliphatic heterocycles. The Morgan fingerprint density at radius 3 is 1.34 bits per heavy atom. The zero-order chi connectivity index (χ0) is 51.1. The first kappa shape index (κ1) is 53.6. The van der Waals surface area contributed by atoms with E-state index in [-0.39, 0.29) is 40.4 Å². The molecule has 0 spiro atoms. The molecule has 8 aromatic rings. The summed E-state index contributed by atoms with van der Waals surface area (Å²) in [6.07, 6.45) is 5.10. The predicted octanol–water partition coefficient (Wildman–Crippen LogP) is 4.68. The van der Waals surface area contributed by atoms with Gasteiger partial charge in [-0.15, -0.1) is 0 Å². The molecule has 0 fully saturated rings. The van der Waals surface area contributed by atoms with Crippen LogP contribution in [0.2, 0.25) is 0 Å². The largest absolute Gasteiger partial charge is 1.00 e. The van der Waals surface area contributed by atoms with E-state index in [0.717, 1.165) is 67.4 Å². The van der Waals surface area contributed by atoms with Crippen LogP contribution in [-0.4, -0.2) is 57.7 Å². The van der Waals surface area contributed by atoms with Crippen LogP contribution in [0.1, 0.15) is 52.7 Å². The molecule has 19 heteroatoms. The maximum absolute atomic E-state index is 12.5. The fraction of sp³-hybridized carbons (Fsp3) is 0.231. The Kier molecular flexibility index (Phi) is 15.5. The third kappa shape index (κ3) is 12.6. The molecule has 0 radical (unpaired) electrons. The minimum atomic E-state index is -3.38. The summed E-state index contributed by atoms with van der Waals surface area (Å²) in [4.78, 5) is 54.0. The number of hydrogen-bond acceptors (Lipinski definition) is 10. The van der Waals surface area contributed by atoms with Crippen molar-refractivity contribution >= 4 is 53.0 Å². The summed E-state index contributed by atoms with van der Waals surface area (Å²) in [5.74, 6) is 1.37. The van der Waals surface area contributed by atoms with Gasteiger partial charge in [0, 0.05) is 45.9 Å². The number of H-pyrrole nitrogens is 1. The van der Waals surface area contributed by atoms with Gasteiger partial charge < -0.3 is 19.0 Å². The Hall–Kier alpha value is -6.70. The minimum Gasteiger partial charge on any atom is -0.496 e. The number of hydrogen-bond donors (Lipinski definition) is 3. The molecule has 16 nitrogen and oxygen atoms in total. The zero-order valence-corrected chi connectivity index (χ0v) is 44.9. The van der Waals surface area contributed by atoms with Gasteiger partial charge in [-0.3, -0.25) is 33.4 Å². The van der Waals surface area contributed by atoms with Crippen LogP contribution in [0.3, 0.4) is 0 Å². The Balaban J connectivity index is 0.000000229. The van der Waals surface area contributed by atoms with Crippen molar-refractivity contribution in [2.75, 3.05) is 36.2 Å². The van der Waals surface area contributed by atoms with Crippen molar-refractivity contribution in [3.63, 3.8) is 0 Å². The fourth-order valence-corrected chi connectivity index (χ4v) is 9.18. The molecule has 8 rings (SSSR count). The summed E-state index contributed by atoms with van der Waals surface area (Å²) in [6.45, 7) is 12.3. The van der Waals surface area contributed by atoms with Crippen LogP contribution in [0.25, 0.3) is 55.2 Å². The average Bonchev–Trinajstić information content (AvgIpc) is 3.26. The number of nitrogens with one attached hydrogen (secondary N) is 3. The number of aromatic nitrogens is 4. The normalized spacial score (nSPS) is 11.9. The van der Waals surface area contributed by atoms with Crippen molar-refractivity contribution in [2.24, 2.45) is 0 Å². The van der Waals surface area contributed by atoms with Gasteiger partial charge in [-0.2, -0.15) is 0 Å². The molecule has 0 aliphatic rings. The molecule has 0 aliphatic carbocycles. The Morgan fingerprint density at radius 2 is 0.944 bits per heavy atom. The van der Waals surface area contributed by atoms with Crippen molar-refractivity contribution in [3.05, 3.63) is 174 Å². The molecule has 2 aromatic heterocycles. The van der Waals surface area contributed by atoms with Gasteiger partial charge >= 0.3 is 35.2 Å². The Morgan fingerprint density at radius 1 is 0.535 bits per heavy atom. The molecule has 0 bridgehead atoms. The van der Waals surface area contributed by atoms with E-state index in [4.69, 9.17) is 9.47 Å². The molecular formula is C52H53N6NaO10S2. The van der Waals surface area contributed by atoms with Gasteiger partial charge in [0.05, 0.1) is 32.4 Å². The number of nitrogens with zero attached hydrogens (tertiary/aromatic N) is 3. The molecule has 364 valence electrons. The molecule has 0 saturated carbocycles. The number of rotatable bonds is 10. The number of aromatic amines is 1. The molecule has 0 amide bonds. The molecule has 6 aromatic carbocycles. The van der Waals surface area contributed by atoms with Gasteiger partial charge in [0.2, 0.25) is 20.0 Å². The Bertz CT molecular complexity index is 3580. The predicted molar refractivity (Wildman–Crippen MR) is 278 cm³/mol. The van der Waals surface area contributed by atoms with Gasteiger partial charge in [0.15, 0.2) is 11.2 Å². The number of anilines is 2.